The average molecular weight is 756 g/mol. The van der Waals surface area contributed by atoms with E-state index in [1.807, 2.05) is 39.2 Å². The van der Waals surface area contributed by atoms with E-state index in [2.05, 4.69) is 26.1 Å². The van der Waals surface area contributed by atoms with Gasteiger partial charge in [-0.1, -0.05) is 31.0 Å². The Bertz CT molecular complexity index is 1760. The first-order valence-electron chi connectivity index (χ1n) is 19.2. The summed E-state index contributed by atoms with van der Waals surface area (Å²) in [4.78, 5) is 29.8. The molecule has 2 aromatic rings. The third kappa shape index (κ3) is 7.90. The van der Waals surface area contributed by atoms with Crippen molar-refractivity contribution in [1.29, 1.82) is 0 Å². The molecule has 5 aliphatic rings. The number of aryl methyl sites for hydroxylation is 1. The first kappa shape index (κ1) is 37.6. The van der Waals surface area contributed by atoms with Crippen LogP contribution in [-0.2, 0) is 40.8 Å². The summed E-state index contributed by atoms with van der Waals surface area (Å²) in [6, 6.07) is 11.7. The minimum atomic E-state index is -3.54. The quantitative estimate of drug-likeness (QED) is 0.351. The predicted octanol–water partition coefficient (Wildman–Crippen LogP) is 6.90. The third-order valence-corrected chi connectivity index (χ3v) is 15.2. The standard InChI is InChI=1S/C40H54ClN3O7S/c1-26-6-4-8-36(48-3)33-12-9-30(33)22-44-24-40(17-5-7-28-20-31(41)11-13-34(28)40)25-51-37-14-10-29(21-35(37)44)39(46)43-52(47,27(26)2)42-38(45)23-50-32-15-18-49-19-16-32/h10-11,13-14,20-21,26-27,30,32-33,36H,4-9,12,15-19,22-25H2,1-3H3,(H,42,43,45,46,47). The molecule has 1 saturated carbocycles. The van der Waals surface area contributed by atoms with Gasteiger partial charge in [-0.25, -0.2) is 4.21 Å². The van der Waals surface area contributed by atoms with Gasteiger partial charge in [0.25, 0.3) is 11.8 Å². The minimum absolute atomic E-state index is 0.0799. The van der Waals surface area contributed by atoms with Crippen molar-refractivity contribution >= 4 is 39.0 Å². The summed E-state index contributed by atoms with van der Waals surface area (Å²) >= 11 is 6.47. The van der Waals surface area contributed by atoms with Gasteiger partial charge in [0.05, 0.1) is 29.8 Å². The van der Waals surface area contributed by atoms with Crippen molar-refractivity contribution in [3.05, 3.63) is 58.1 Å². The molecule has 2 fully saturated rings. The number of methoxy groups -OCH3 is 1. The van der Waals surface area contributed by atoms with E-state index in [9.17, 15) is 13.8 Å². The maximum atomic E-state index is 14.8. The van der Waals surface area contributed by atoms with Crippen LogP contribution in [0.1, 0.15) is 93.1 Å². The van der Waals surface area contributed by atoms with Crippen molar-refractivity contribution in [3.63, 3.8) is 0 Å². The molecule has 284 valence electrons. The second kappa shape index (κ2) is 16.0. The molecule has 3 aliphatic heterocycles. The number of hydrogen-bond acceptors (Lipinski definition) is 8. The molecule has 7 unspecified atom stereocenters. The number of anilines is 1. The monoisotopic (exact) mass is 755 g/mol. The molecular formula is C40H54ClN3O7S. The number of hydrogen-bond donors (Lipinski definition) is 1. The molecule has 3 heterocycles. The van der Waals surface area contributed by atoms with Crippen LogP contribution >= 0.6 is 11.6 Å². The van der Waals surface area contributed by atoms with Gasteiger partial charge < -0.3 is 23.8 Å². The molecule has 52 heavy (non-hydrogen) atoms. The van der Waals surface area contributed by atoms with Gasteiger partial charge in [-0.2, -0.15) is 0 Å². The van der Waals surface area contributed by atoms with Crippen LogP contribution in [0.3, 0.4) is 0 Å². The first-order valence-corrected chi connectivity index (χ1v) is 21.2. The molecule has 1 saturated heterocycles. The number of ether oxygens (including phenoxy) is 4. The van der Waals surface area contributed by atoms with Crippen molar-refractivity contribution in [3.8, 4) is 5.75 Å². The summed E-state index contributed by atoms with van der Waals surface area (Å²) < 4.78 is 45.9. The molecule has 12 heteroatoms. The van der Waals surface area contributed by atoms with E-state index in [0.717, 1.165) is 80.9 Å². The second-order valence-corrected chi connectivity index (χ2v) is 18.5. The average Bonchev–Trinajstić information content (AvgIpc) is 3.28. The number of fused-ring (bicyclic) bond motifs is 4. The number of rotatable bonds is 5. The maximum absolute atomic E-state index is 14.8. The minimum Gasteiger partial charge on any atom is -0.490 e. The number of carbonyl (C=O) groups is 2. The van der Waals surface area contributed by atoms with Crippen LogP contribution in [0.2, 0.25) is 5.02 Å². The lowest BCUT2D eigenvalue weighted by Gasteiger charge is -2.46. The number of halogens is 1. The van der Waals surface area contributed by atoms with Gasteiger partial charge >= 0.3 is 0 Å². The van der Waals surface area contributed by atoms with Gasteiger partial charge in [0.15, 0.2) is 0 Å². The topological polar surface area (TPSA) is 116 Å². The zero-order valence-corrected chi connectivity index (χ0v) is 32.4. The molecule has 7 rings (SSSR count). The van der Waals surface area contributed by atoms with E-state index in [1.165, 1.54) is 11.1 Å². The lowest BCUT2D eigenvalue weighted by molar-refractivity contribution is -0.128. The van der Waals surface area contributed by atoms with Gasteiger partial charge in [0, 0.05) is 49.4 Å². The summed E-state index contributed by atoms with van der Waals surface area (Å²) in [7, 11) is -1.72. The van der Waals surface area contributed by atoms with Crippen LogP contribution in [0.5, 0.6) is 5.75 Å². The second-order valence-electron chi connectivity index (χ2n) is 15.8. The smallest absolute Gasteiger partial charge is 0.286 e. The lowest BCUT2D eigenvalue weighted by atomic mass is 9.68. The first-order chi connectivity index (χ1) is 25.1. The highest BCUT2D eigenvalue weighted by atomic mass is 35.5. The Labute approximate surface area is 313 Å². The predicted molar refractivity (Wildman–Crippen MR) is 203 cm³/mol. The molecule has 2 bridgehead atoms. The van der Waals surface area contributed by atoms with Gasteiger partial charge in [0.1, 0.15) is 22.3 Å². The summed E-state index contributed by atoms with van der Waals surface area (Å²) in [5, 5.41) is 0.158. The fourth-order valence-corrected chi connectivity index (χ4v) is 11.2. The van der Waals surface area contributed by atoms with E-state index in [0.29, 0.717) is 50.1 Å². The Hall–Kier alpha value is -2.70. The number of nitrogens with one attached hydrogen (secondary N) is 1. The van der Waals surface area contributed by atoms with E-state index >= 15 is 0 Å². The van der Waals surface area contributed by atoms with E-state index < -0.39 is 27.0 Å². The highest BCUT2D eigenvalue weighted by Gasteiger charge is 2.45. The Morgan fingerprint density at radius 3 is 2.67 bits per heavy atom. The molecule has 1 spiro atoms. The summed E-state index contributed by atoms with van der Waals surface area (Å²) in [5.41, 5.74) is 3.47. The molecule has 2 aromatic carbocycles. The molecule has 0 aromatic heterocycles. The Balaban J connectivity index is 1.25. The SMILES string of the molecule is COC1CCCC(C)C(C)S(=O)(NC(=O)COC2CCOCC2)=NC(=O)c2ccc3c(c2)N(CC2CCC21)CC1(CCCc2cc(Cl)ccc21)CO3. The zero-order valence-electron chi connectivity index (χ0n) is 30.8. The molecule has 7 atom stereocenters. The molecular weight excluding hydrogens is 702 g/mol. The van der Waals surface area contributed by atoms with Crippen molar-refractivity contribution < 1.29 is 32.7 Å². The summed E-state index contributed by atoms with van der Waals surface area (Å²) in [6.07, 6.45) is 9.19. The fourth-order valence-electron chi connectivity index (χ4n) is 9.14. The van der Waals surface area contributed by atoms with Crippen LogP contribution in [0.25, 0.3) is 0 Å². The van der Waals surface area contributed by atoms with Crippen LogP contribution in [0, 0.1) is 17.8 Å². The number of carbonyl (C=O) groups excluding carboxylic acids is 2. The number of amides is 2. The number of nitrogens with zero attached hydrogens (tertiary/aromatic N) is 2. The molecule has 2 amide bonds. The Morgan fingerprint density at radius 1 is 1.08 bits per heavy atom. The summed E-state index contributed by atoms with van der Waals surface area (Å²) in [6.45, 7) is 6.82. The van der Waals surface area contributed by atoms with Crippen molar-refractivity contribution in [2.75, 3.05) is 51.5 Å². The van der Waals surface area contributed by atoms with Gasteiger partial charge in [0.2, 0.25) is 0 Å². The van der Waals surface area contributed by atoms with Gasteiger partial charge in [-0.05, 0) is 124 Å². The largest absolute Gasteiger partial charge is 0.490 e. The van der Waals surface area contributed by atoms with Gasteiger partial charge in [-0.15, -0.1) is 4.36 Å². The van der Waals surface area contributed by atoms with E-state index in [-0.39, 0.29) is 30.1 Å². The van der Waals surface area contributed by atoms with Crippen molar-refractivity contribution in [1.82, 2.24) is 4.72 Å². The summed E-state index contributed by atoms with van der Waals surface area (Å²) in [5.74, 6) is 0.331. The van der Waals surface area contributed by atoms with Crippen molar-refractivity contribution in [2.24, 2.45) is 22.1 Å². The highest BCUT2D eigenvalue weighted by molar-refractivity contribution is 7.93. The van der Waals surface area contributed by atoms with E-state index in [4.69, 9.17) is 30.5 Å². The molecule has 10 nitrogen and oxygen atoms in total. The zero-order chi connectivity index (χ0) is 36.5. The van der Waals surface area contributed by atoms with Crippen molar-refractivity contribution in [2.45, 2.75) is 101 Å². The maximum Gasteiger partial charge on any atom is 0.286 e. The Kier molecular flexibility index (Phi) is 11.5. The van der Waals surface area contributed by atoms with Crippen LogP contribution in [0.4, 0.5) is 5.69 Å². The molecule has 1 N–H and O–H groups in total. The van der Waals surface area contributed by atoms with E-state index in [1.54, 1.807) is 6.07 Å². The van der Waals surface area contributed by atoms with Crippen LogP contribution in [-0.4, -0.2) is 80.1 Å². The lowest BCUT2D eigenvalue weighted by Crippen LogP contribution is -2.49. The number of benzene rings is 2. The Morgan fingerprint density at radius 2 is 1.90 bits per heavy atom. The van der Waals surface area contributed by atoms with Crippen LogP contribution < -0.4 is 14.4 Å². The van der Waals surface area contributed by atoms with Gasteiger partial charge in [-0.3, -0.25) is 14.3 Å². The third-order valence-electron chi connectivity index (χ3n) is 12.5. The molecule has 0 radical (unpaired) electrons. The molecule has 2 aliphatic carbocycles. The normalized spacial score (nSPS) is 32.7. The highest BCUT2D eigenvalue weighted by Crippen LogP contribution is 2.47. The van der Waals surface area contributed by atoms with Crippen LogP contribution in [0.15, 0.2) is 40.8 Å². The fraction of sp³-hybridized carbons (Fsp3) is 0.650.